The van der Waals surface area contributed by atoms with E-state index in [1.165, 1.54) is 22.9 Å². The SMILES string of the molecule is O=[N+]([O-])c1cccc(NCc2cccc3c2NCCC3)c1. The molecule has 1 aliphatic rings. The summed E-state index contributed by atoms with van der Waals surface area (Å²) < 4.78 is 0. The molecule has 0 amide bonds. The Morgan fingerprint density at radius 3 is 2.95 bits per heavy atom. The van der Waals surface area contributed by atoms with Crippen molar-refractivity contribution in [1.29, 1.82) is 0 Å². The minimum Gasteiger partial charge on any atom is -0.385 e. The first kappa shape index (κ1) is 13.4. The van der Waals surface area contributed by atoms with E-state index in [2.05, 4.69) is 28.8 Å². The molecule has 21 heavy (non-hydrogen) atoms. The Hall–Kier alpha value is -2.56. The zero-order chi connectivity index (χ0) is 14.7. The van der Waals surface area contributed by atoms with Crippen molar-refractivity contribution in [2.24, 2.45) is 0 Å². The lowest BCUT2D eigenvalue weighted by molar-refractivity contribution is -0.384. The summed E-state index contributed by atoms with van der Waals surface area (Å²) in [5.41, 5.74) is 4.62. The van der Waals surface area contributed by atoms with Crippen LogP contribution in [0.4, 0.5) is 17.1 Å². The molecule has 1 aliphatic heterocycles. The maximum absolute atomic E-state index is 10.8. The molecule has 0 saturated heterocycles. The monoisotopic (exact) mass is 283 g/mol. The van der Waals surface area contributed by atoms with Crippen molar-refractivity contribution in [2.45, 2.75) is 19.4 Å². The molecule has 0 aliphatic carbocycles. The molecule has 5 nitrogen and oxygen atoms in total. The van der Waals surface area contributed by atoms with E-state index in [0.717, 1.165) is 25.1 Å². The van der Waals surface area contributed by atoms with Gasteiger partial charge in [0, 0.05) is 36.6 Å². The van der Waals surface area contributed by atoms with Crippen LogP contribution in [-0.4, -0.2) is 11.5 Å². The molecule has 5 heteroatoms. The number of para-hydroxylation sites is 1. The zero-order valence-corrected chi connectivity index (χ0v) is 11.6. The van der Waals surface area contributed by atoms with Crippen molar-refractivity contribution < 1.29 is 4.92 Å². The lowest BCUT2D eigenvalue weighted by atomic mass is 9.99. The van der Waals surface area contributed by atoms with Crippen molar-refractivity contribution in [3.8, 4) is 0 Å². The van der Waals surface area contributed by atoms with Gasteiger partial charge in [0.05, 0.1) is 4.92 Å². The molecule has 0 radical (unpaired) electrons. The maximum Gasteiger partial charge on any atom is 0.271 e. The molecule has 0 fully saturated rings. The molecule has 0 aromatic heterocycles. The molecule has 2 N–H and O–H groups in total. The topological polar surface area (TPSA) is 67.2 Å². The van der Waals surface area contributed by atoms with Gasteiger partial charge in [-0.15, -0.1) is 0 Å². The van der Waals surface area contributed by atoms with Crippen molar-refractivity contribution >= 4 is 17.1 Å². The van der Waals surface area contributed by atoms with Crippen LogP contribution in [0.25, 0.3) is 0 Å². The molecule has 2 aromatic carbocycles. The number of fused-ring (bicyclic) bond motifs is 1. The molecule has 3 rings (SSSR count). The molecule has 1 heterocycles. The van der Waals surface area contributed by atoms with Gasteiger partial charge in [-0.1, -0.05) is 24.3 Å². The third kappa shape index (κ3) is 2.97. The predicted octanol–water partition coefficient (Wildman–Crippen LogP) is 3.57. The lowest BCUT2D eigenvalue weighted by Crippen LogP contribution is -2.15. The molecule has 108 valence electrons. The molecule has 0 saturated carbocycles. The Labute approximate surface area is 123 Å². The van der Waals surface area contributed by atoms with Gasteiger partial charge >= 0.3 is 0 Å². The number of nitrogens with one attached hydrogen (secondary N) is 2. The van der Waals surface area contributed by atoms with Crippen LogP contribution in [0.5, 0.6) is 0 Å². The highest BCUT2D eigenvalue weighted by molar-refractivity contribution is 5.60. The van der Waals surface area contributed by atoms with Gasteiger partial charge in [0.15, 0.2) is 0 Å². The average molecular weight is 283 g/mol. The summed E-state index contributed by atoms with van der Waals surface area (Å²) in [5.74, 6) is 0. The molecular weight excluding hydrogens is 266 g/mol. The second-order valence-electron chi connectivity index (χ2n) is 5.14. The molecule has 0 spiro atoms. The number of non-ortho nitro benzene ring substituents is 1. The number of rotatable bonds is 4. The minimum absolute atomic E-state index is 0.105. The van der Waals surface area contributed by atoms with E-state index in [1.807, 2.05) is 6.07 Å². The van der Waals surface area contributed by atoms with Gasteiger partial charge in [0.25, 0.3) is 5.69 Å². The van der Waals surface area contributed by atoms with Crippen LogP contribution in [0.3, 0.4) is 0 Å². The van der Waals surface area contributed by atoms with Crippen LogP contribution in [0, 0.1) is 10.1 Å². The van der Waals surface area contributed by atoms with Crippen LogP contribution in [-0.2, 0) is 13.0 Å². The maximum atomic E-state index is 10.8. The van der Waals surface area contributed by atoms with Gasteiger partial charge in [0.1, 0.15) is 0 Å². The van der Waals surface area contributed by atoms with Gasteiger partial charge in [-0.2, -0.15) is 0 Å². The number of aryl methyl sites for hydroxylation is 1. The second-order valence-corrected chi connectivity index (χ2v) is 5.14. The number of hydrogen-bond acceptors (Lipinski definition) is 4. The van der Waals surface area contributed by atoms with Crippen LogP contribution in [0.2, 0.25) is 0 Å². The predicted molar refractivity (Wildman–Crippen MR) is 83.7 cm³/mol. The van der Waals surface area contributed by atoms with Crippen molar-refractivity contribution in [3.05, 3.63) is 63.7 Å². The van der Waals surface area contributed by atoms with Crippen molar-refractivity contribution in [1.82, 2.24) is 0 Å². The van der Waals surface area contributed by atoms with Crippen LogP contribution in [0.1, 0.15) is 17.5 Å². The van der Waals surface area contributed by atoms with Crippen molar-refractivity contribution in [2.75, 3.05) is 17.2 Å². The summed E-state index contributed by atoms with van der Waals surface area (Å²) in [6.45, 7) is 1.65. The lowest BCUT2D eigenvalue weighted by Gasteiger charge is -2.21. The Kier molecular flexibility index (Phi) is 3.73. The molecule has 2 aromatic rings. The Bertz CT molecular complexity index is 670. The number of anilines is 2. The van der Waals surface area contributed by atoms with Crippen LogP contribution >= 0.6 is 0 Å². The zero-order valence-electron chi connectivity index (χ0n) is 11.6. The fraction of sp³-hybridized carbons (Fsp3) is 0.250. The van der Waals surface area contributed by atoms with E-state index in [4.69, 9.17) is 0 Å². The molecule has 0 atom stereocenters. The second kappa shape index (κ2) is 5.83. The highest BCUT2D eigenvalue weighted by Gasteiger charge is 2.12. The van der Waals surface area contributed by atoms with Gasteiger partial charge in [-0.25, -0.2) is 0 Å². The third-order valence-corrected chi connectivity index (χ3v) is 3.70. The van der Waals surface area contributed by atoms with Gasteiger partial charge in [-0.05, 0) is 30.0 Å². The molecule has 0 unspecified atom stereocenters. The van der Waals surface area contributed by atoms with Gasteiger partial charge in [0.2, 0.25) is 0 Å². The Morgan fingerprint density at radius 1 is 1.24 bits per heavy atom. The van der Waals surface area contributed by atoms with E-state index in [1.54, 1.807) is 12.1 Å². The summed E-state index contributed by atoms with van der Waals surface area (Å²) in [6.07, 6.45) is 2.27. The average Bonchev–Trinajstić information content (AvgIpc) is 2.53. The van der Waals surface area contributed by atoms with Crippen molar-refractivity contribution in [3.63, 3.8) is 0 Å². The molecular formula is C16H17N3O2. The summed E-state index contributed by atoms with van der Waals surface area (Å²) in [4.78, 5) is 10.4. The minimum atomic E-state index is -0.378. The highest BCUT2D eigenvalue weighted by atomic mass is 16.6. The fourth-order valence-electron chi connectivity index (χ4n) is 2.65. The summed E-state index contributed by atoms with van der Waals surface area (Å²) in [7, 11) is 0. The quantitative estimate of drug-likeness (QED) is 0.665. The third-order valence-electron chi connectivity index (χ3n) is 3.70. The van der Waals surface area contributed by atoms with Crippen LogP contribution in [0.15, 0.2) is 42.5 Å². The van der Waals surface area contributed by atoms with E-state index in [0.29, 0.717) is 6.54 Å². The van der Waals surface area contributed by atoms with E-state index < -0.39 is 0 Å². The number of nitro benzene ring substituents is 1. The summed E-state index contributed by atoms with van der Waals surface area (Å²) in [5, 5.41) is 17.5. The number of hydrogen-bond donors (Lipinski definition) is 2. The molecule has 0 bridgehead atoms. The number of benzene rings is 2. The van der Waals surface area contributed by atoms with Crippen LogP contribution < -0.4 is 10.6 Å². The highest BCUT2D eigenvalue weighted by Crippen LogP contribution is 2.27. The van der Waals surface area contributed by atoms with Gasteiger partial charge in [-0.3, -0.25) is 10.1 Å². The Morgan fingerprint density at radius 2 is 2.10 bits per heavy atom. The normalized spacial score (nSPS) is 13.1. The number of nitro groups is 1. The van der Waals surface area contributed by atoms with E-state index in [9.17, 15) is 10.1 Å². The standard InChI is InChI=1S/C16H17N3O2/c20-19(21)15-8-2-7-14(10-15)18-11-13-5-1-4-12-6-3-9-17-16(12)13/h1-2,4-5,7-8,10,17-18H,3,6,9,11H2. The largest absolute Gasteiger partial charge is 0.385 e. The van der Waals surface area contributed by atoms with E-state index >= 15 is 0 Å². The van der Waals surface area contributed by atoms with E-state index in [-0.39, 0.29) is 10.6 Å². The fourth-order valence-corrected chi connectivity index (χ4v) is 2.65. The number of nitrogens with zero attached hydrogens (tertiary/aromatic N) is 1. The first-order valence-corrected chi connectivity index (χ1v) is 7.07. The Balaban J connectivity index is 1.76. The first-order valence-electron chi connectivity index (χ1n) is 7.07. The summed E-state index contributed by atoms with van der Waals surface area (Å²) >= 11 is 0. The van der Waals surface area contributed by atoms with Gasteiger partial charge < -0.3 is 10.6 Å². The first-order chi connectivity index (χ1) is 10.2. The summed E-state index contributed by atoms with van der Waals surface area (Å²) in [6, 6.07) is 12.9. The smallest absolute Gasteiger partial charge is 0.271 e.